The van der Waals surface area contributed by atoms with Gasteiger partial charge in [0.15, 0.2) is 0 Å². The summed E-state index contributed by atoms with van der Waals surface area (Å²) in [6, 6.07) is 3.89. The highest BCUT2D eigenvalue weighted by molar-refractivity contribution is 4.97. The molecule has 0 bridgehead atoms. The Morgan fingerprint density at radius 1 is 1.21 bits per heavy atom. The molecule has 3 nitrogen and oxygen atoms in total. The Kier molecular flexibility index (Phi) is 9.46. The van der Waals surface area contributed by atoms with Crippen molar-refractivity contribution in [3.05, 3.63) is 24.2 Å². The summed E-state index contributed by atoms with van der Waals surface area (Å²) in [4.78, 5) is 0. The number of unbranched alkanes of at least 4 members (excludes halogenated alkanes) is 5. The molecule has 3 heteroatoms. The zero-order valence-corrected chi connectivity index (χ0v) is 12.5. The highest BCUT2D eigenvalue weighted by Gasteiger charge is 2.02. The monoisotopic (exact) mass is 267 g/mol. The number of nitrogens with one attached hydrogen (secondary N) is 1. The Hall–Kier alpha value is -0.800. The summed E-state index contributed by atoms with van der Waals surface area (Å²) in [7, 11) is 0. The second-order valence-corrected chi connectivity index (χ2v) is 5.16. The van der Waals surface area contributed by atoms with Gasteiger partial charge >= 0.3 is 0 Å². The molecule has 0 saturated carbocycles. The molecule has 1 aromatic heterocycles. The van der Waals surface area contributed by atoms with Crippen LogP contribution in [0.5, 0.6) is 0 Å². The van der Waals surface area contributed by atoms with Gasteiger partial charge in [0.05, 0.1) is 18.9 Å². The van der Waals surface area contributed by atoms with Crippen LogP contribution in [0.2, 0.25) is 0 Å². The second-order valence-electron chi connectivity index (χ2n) is 5.16. The largest absolute Gasteiger partial charge is 0.468 e. The minimum atomic E-state index is 0.269. The Balaban J connectivity index is 1.86. The summed E-state index contributed by atoms with van der Waals surface area (Å²) in [5.41, 5.74) is 0. The molecule has 1 unspecified atom stereocenters. The average molecular weight is 267 g/mol. The zero-order valence-electron chi connectivity index (χ0n) is 12.5. The molecule has 110 valence electrons. The minimum absolute atomic E-state index is 0.269. The lowest BCUT2D eigenvalue weighted by molar-refractivity contribution is 0.0625. The summed E-state index contributed by atoms with van der Waals surface area (Å²) in [5, 5.41) is 3.34. The quantitative estimate of drug-likeness (QED) is 0.578. The van der Waals surface area contributed by atoms with Gasteiger partial charge in [0.25, 0.3) is 0 Å². The van der Waals surface area contributed by atoms with Crippen LogP contribution in [0, 0.1) is 0 Å². The van der Waals surface area contributed by atoms with Crippen molar-refractivity contribution in [1.29, 1.82) is 0 Å². The number of hydrogen-bond donors (Lipinski definition) is 1. The van der Waals surface area contributed by atoms with Gasteiger partial charge in [-0.3, -0.25) is 0 Å². The summed E-state index contributed by atoms with van der Waals surface area (Å²) >= 11 is 0. The van der Waals surface area contributed by atoms with Gasteiger partial charge in [-0.25, -0.2) is 0 Å². The molecule has 1 rings (SSSR count). The van der Waals surface area contributed by atoms with Crippen molar-refractivity contribution in [2.75, 3.05) is 13.2 Å². The zero-order chi connectivity index (χ0) is 13.8. The van der Waals surface area contributed by atoms with E-state index < -0.39 is 0 Å². The van der Waals surface area contributed by atoms with Crippen LogP contribution in [0.15, 0.2) is 22.8 Å². The lowest BCUT2D eigenvalue weighted by atomic mass is 10.1. The number of furan rings is 1. The maximum atomic E-state index is 5.77. The number of ether oxygens (including phenoxy) is 1. The van der Waals surface area contributed by atoms with E-state index in [0.29, 0.717) is 0 Å². The molecule has 0 amide bonds. The predicted octanol–water partition coefficient (Wildman–Crippen LogP) is 4.13. The highest BCUT2D eigenvalue weighted by Crippen LogP contribution is 2.05. The first-order valence-electron chi connectivity index (χ1n) is 7.67. The van der Waals surface area contributed by atoms with Crippen LogP contribution in [-0.4, -0.2) is 19.3 Å². The third-order valence-electron chi connectivity index (χ3n) is 3.21. The Morgan fingerprint density at radius 2 is 2.00 bits per heavy atom. The first-order chi connectivity index (χ1) is 9.33. The smallest absolute Gasteiger partial charge is 0.117 e. The Bertz CT molecular complexity index is 285. The van der Waals surface area contributed by atoms with Gasteiger partial charge < -0.3 is 14.5 Å². The van der Waals surface area contributed by atoms with Crippen LogP contribution in [0.3, 0.4) is 0 Å². The van der Waals surface area contributed by atoms with Crippen LogP contribution in [0.4, 0.5) is 0 Å². The van der Waals surface area contributed by atoms with Gasteiger partial charge in [0.1, 0.15) is 5.76 Å². The molecule has 0 aliphatic carbocycles. The topological polar surface area (TPSA) is 34.4 Å². The molecule has 1 atom stereocenters. The molecule has 0 aromatic carbocycles. The van der Waals surface area contributed by atoms with Crippen molar-refractivity contribution in [3.63, 3.8) is 0 Å². The van der Waals surface area contributed by atoms with Gasteiger partial charge in [-0.2, -0.15) is 0 Å². The summed E-state index contributed by atoms with van der Waals surface area (Å²) in [6.07, 6.45) is 9.86. The van der Waals surface area contributed by atoms with E-state index in [2.05, 4.69) is 19.2 Å². The van der Waals surface area contributed by atoms with E-state index in [-0.39, 0.29) is 6.10 Å². The molecule has 0 radical (unpaired) electrons. The van der Waals surface area contributed by atoms with Crippen LogP contribution in [0.25, 0.3) is 0 Å². The van der Waals surface area contributed by atoms with Crippen molar-refractivity contribution in [1.82, 2.24) is 5.32 Å². The van der Waals surface area contributed by atoms with Gasteiger partial charge in [-0.05, 0) is 25.5 Å². The second kappa shape index (κ2) is 11.1. The molecular weight excluding hydrogens is 238 g/mol. The number of hydrogen-bond acceptors (Lipinski definition) is 3. The third-order valence-corrected chi connectivity index (χ3v) is 3.21. The fraction of sp³-hybridized carbons (Fsp3) is 0.750. The van der Waals surface area contributed by atoms with Crippen molar-refractivity contribution in [2.45, 2.75) is 65.0 Å². The average Bonchev–Trinajstić information content (AvgIpc) is 2.91. The molecule has 0 spiro atoms. The van der Waals surface area contributed by atoms with Crippen molar-refractivity contribution in [3.8, 4) is 0 Å². The molecule has 1 aromatic rings. The van der Waals surface area contributed by atoms with E-state index >= 15 is 0 Å². The molecule has 0 fully saturated rings. The fourth-order valence-electron chi connectivity index (χ4n) is 2.04. The molecular formula is C16H29NO2. The lowest BCUT2D eigenvalue weighted by Gasteiger charge is -2.13. The molecule has 0 aliphatic heterocycles. The normalized spacial score (nSPS) is 12.7. The lowest BCUT2D eigenvalue weighted by Crippen LogP contribution is -2.26. The summed E-state index contributed by atoms with van der Waals surface area (Å²) < 4.78 is 11.0. The van der Waals surface area contributed by atoms with E-state index in [9.17, 15) is 0 Å². The van der Waals surface area contributed by atoms with E-state index in [1.54, 1.807) is 6.26 Å². The molecule has 1 heterocycles. The molecule has 19 heavy (non-hydrogen) atoms. The van der Waals surface area contributed by atoms with Gasteiger partial charge in [0, 0.05) is 13.2 Å². The number of rotatable bonds is 12. The van der Waals surface area contributed by atoms with Crippen molar-refractivity contribution >= 4 is 0 Å². The van der Waals surface area contributed by atoms with Crippen LogP contribution in [-0.2, 0) is 11.3 Å². The molecule has 0 saturated heterocycles. The van der Waals surface area contributed by atoms with Gasteiger partial charge in [-0.15, -0.1) is 0 Å². The SMILES string of the molecule is CCCCCCCCOC(C)CNCc1ccco1. The van der Waals surface area contributed by atoms with E-state index in [4.69, 9.17) is 9.15 Å². The highest BCUT2D eigenvalue weighted by atomic mass is 16.5. The maximum absolute atomic E-state index is 5.77. The molecule has 1 N–H and O–H groups in total. The maximum Gasteiger partial charge on any atom is 0.117 e. The fourth-order valence-corrected chi connectivity index (χ4v) is 2.04. The van der Waals surface area contributed by atoms with Crippen LogP contribution >= 0.6 is 0 Å². The van der Waals surface area contributed by atoms with Gasteiger partial charge in [0.2, 0.25) is 0 Å². The Morgan fingerprint density at radius 3 is 2.74 bits per heavy atom. The van der Waals surface area contributed by atoms with Crippen molar-refractivity contribution in [2.24, 2.45) is 0 Å². The van der Waals surface area contributed by atoms with Crippen LogP contribution < -0.4 is 5.32 Å². The standard InChI is InChI=1S/C16H29NO2/c1-3-4-5-6-7-8-11-18-15(2)13-17-14-16-10-9-12-19-16/h9-10,12,15,17H,3-8,11,13-14H2,1-2H3. The van der Waals surface area contributed by atoms with Crippen LogP contribution in [0.1, 0.15) is 58.1 Å². The predicted molar refractivity (Wildman–Crippen MR) is 79.2 cm³/mol. The van der Waals surface area contributed by atoms with E-state index in [0.717, 1.165) is 25.5 Å². The first kappa shape index (κ1) is 16.3. The van der Waals surface area contributed by atoms with E-state index in [1.165, 1.54) is 38.5 Å². The van der Waals surface area contributed by atoms with Gasteiger partial charge in [-0.1, -0.05) is 39.0 Å². The third kappa shape index (κ3) is 8.84. The summed E-state index contributed by atoms with van der Waals surface area (Å²) in [6.45, 7) is 6.90. The summed E-state index contributed by atoms with van der Waals surface area (Å²) in [5.74, 6) is 0.975. The Labute approximate surface area is 117 Å². The van der Waals surface area contributed by atoms with E-state index in [1.807, 2.05) is 12.1 Å². The van der Waals surface area contributed by atoms with Crippen molar-refractivity contribution < 1.29 is 9.15 Å². The first-order valence-corrected chi connectivity index (χ1v) is 7.67. The minimum Gasteiger partial charge on any atom is -0.468 e. The molecule has 0 aliphatic rings.